The Morgan fingerprint density at radius 3 is 2.65 bits per heavy atom. The second kappa shape index (κ2) is 6.75. The lowest BCUT2D eigenvalue weighted by atomic mass is 10.00. The van der Waals surface area contributed by atoms with Crippen molar-refractivity contribution >= 4 is 17.3 Å². The van der Waals surface area contributed by atoms with Gasteiger partial charge in [-0.3, -0.25) is 4.79 Å². The highest BCUT2D eigenvalue weighted by Gasteiger charge is 2.21. The predicted octanol–water partition coefficient (Wildman–Crippen LogP) is 3.03. The van der Waals surface area contributed by atoms with Crippen molar-refractivity contribution < 1.29 is 4.79 Å². The van der Waals surface area contributed by atoms with Gasteiger partial charge in [-0.15, -0.1) is 0 Å². The van der Waals surface area contributed by atoms with E-state index in [9.17, 15) is 4.79 Å². The second-order valence-corrected chi connectivity index (χ2v) is 5.96. The maximum Gasteiger partial charge on any atom is 0.225 e. The first-order valence-corrected chi connectivity index (χ1v) is 7.13. The molecule has 0 aromatic heterocycles. The standard InChI is InChI=1S/C16H27N3O/c1-6-16(3,4)19(5)10-9-15(20)18-14-11-13(17)8-7-12(14)2/h7-8,11H,6,9-10,17H2,1-5H3,(H,18,20). The van der Waals surface area contributed by atoms with Crippen molar-refractivity contribution in [2.24, 2.45) is 0 Å². The number of nitrogens with one attached hydrogen (secondary N) is 1. The summed E-state index contributed by atoms with van der Waals surface area (Å²) in [5.41, 5.74) is 8.34. The summed E-state index contributed by atoms with van der Waals surface area (Å²) in [6.45, 7) is 9.24. The third-order valence-corrected chi connectivity index (χ3v) is 4.11. The average Bonchev–Trinajstić information content (AvgIpc) is 2.40. The minimum Gasteiger partial charge on any atom is -0.399 e. The molecule has 112 valence electrons. The average molecular weight is 277 g/mol. The van der Waals surface area contributed by atoms with Gasteiger partial charge >= 0.3 is 0 Å². The van der Waals surface area contributed by atoms with Crippen molar-refractivity contribution in [2.75, 3.05) is 24.6 Å². The highest BCUT2D eigenvalue weighted by Crippen LogP contribution is 2.19. The molecule has 1 amide bonds. The molecule has 0 radical (unpaired) electrons. The molecule has 0 aliphatic carbocycles. The van der Waals surface area contributed by atoms with Gasteiger partial charge in [0.05, 0.1) is 0 Å². The van der Waals surface area contributed by atoms with Crippen LogP contribution in [0, 0.1) is 6.92 Å². The minimum atomic E-state index is 0.0254. The van der Waals surface area contributed by atoms with E-state index in [4.69, 9.17) is 5.73 Å². The fourth-order valence-electron chi connectivity index (χ4n) is 1.83. The van der Waals surface area contributed by atoms with Gasteiger partial charge in [-0.05, 0) is 51.9 Å². The number of nitrogens with zero attached hydrogens (tertiary/aromatic N) is 1. The Morgan fingerprint density at radius 2 is 2.05 bits per heavy atom. The summed E-state index contributed by atoms with van der Waals surface area (Å²) in [6.07, 6.45) is 1.54. The molecule has 0 heterocycles. The molecule has 20 heavy (non-hydrogen) atoms. The highest BCUT2D eigenvalue weighted by atomic mass is 16.1. The number of hydrogen-bond donors (Lipinski definition) is 2. The number of rotatable bonds is 6. The second-order valence-electron chi connectivity index (χ2n) is 5.96. The van der Waals surface area contributed by atoms with Gasteiger partial charge in [0.15, 0.2) is 0 Å². The van der Waals surface area contributed by atoms with Crippen molar-refractivity contribution in [1.82, 2.24) is 4.90 Å². The highest BCUT2D eigenvalue weighted by molar-refractivity contribution is 5.92. The normalized spacial score (nSPS) is 11.7. The Bertz CT molecular complexity index is 469. The molecule has 0 aliphatic rings. The lowest BCUT2D eigenvalue weighted by molar-refractivity contribution is -0.116. The first-order chi connectivity index (χ1) is 9.26. The number of benzene rings is 1. The van der Waals surface area contributed by atoms with Crippen LogP contribution in [0.3, 0.4) is 0 Å². The molecule has 0 atom stereocenters. The zero-order valence-electron chi connectivity index (χ0n) is 13.3. The van der Waals surface area contributed by atoms with Gasteiger partial charge in [0.1, 0.15) is 0 Å². The largest absolute Gasteiger partial charge is 0.399 e. The van der Waals surface area contributed by atoms with Crippen LogP contribution in [0.25, 0.3) is 0 Å². The smallest absolute Gasteiger partial charge is 0.225 e. The van der Waals surface area contributed by atoms with E-state index in [0.29, 0.717) is 12.1 Å². The Kier molecular flexibility index (Phi) is 5.57. The fraction of sp³-hybridized carbons (Fsp3) is 0.562. The van der Waals surface area contributed by atoms with Crippen molar-refractivity contribution in [3.8, 4) is 0 Å². The number of carbonyl (C=O) groups excluding carboxylic acids is 1. The van der Waals surface area contributed by atoms with E-state index < -0.39 is 0 Å². The quantitative estimate of drug-likeness (QED) is 0.786. The van der Waals surface area contributed by atoms with Gasteiger partial charge in [-0.1, -0.05) is 13.0 Å². The number of nitrogens with two attached hydrogens (primary N) is 1. The Balaban J connectivity index is 2.54. The van der Waals surface area contributed by atoms with E-state index in [0.717, 1.165) is 24.2 Å². The first-order valence-electron chi connectivity index (χ1n) is 7.13. The topological polar surface area (TPSA) is 58.4 Å². The van der Waals surface area contributed by atoms with E-state index in [1.165, 1.54) is 0 Å². The predicted molar refractivity (Wildman–Crippen MR) is 85.8 cm³/mol. The molecule has 0 unspecified atom stereocenters. The molecule has 4 nitrogen and oxygen atoms in total. The molecular formula is C16H27N3O. The number of hydrogen-bond acceptors (Lipinski definition) is 3. The summed E-state index contributed by atoms with van der Waals surface area (Å²) in [4.78, 5) is 14.2. The molecule has 1 aromatic rings. The number of amides is 1. The van der Waals surface area contributed by atoms with Gasteiger partial charge in [0, 0.05) is 29.9 Å². The Hall–Kier alpha value is -1.55. The van der Waals surface area contributed by atoms with Gasteiger partial charge < -0.3 is 16.0 Å². The Morgan fingerprint density at radius 1 is 1.40 bits per heavy atom. The third kappa shape index (κ3) is 4.53. The van der Waals surface area contributed by atoms with Crippen LogP contribution in [0.4, 0.5) is 11.4 Å². The Labute approximate surface area is 122 Å². The summed E-state index contributed by atoms with van der Waals surface area (Å²) in [6, 6.07) is 5.55. The van der Waals surface area contributed by atoms with Crippen LogP contribution < -0.4 is 11.1 Å². The molecular weight excluding hydrogens is 250 g/mol. The SMILES string of the molecule is CCC(C)(C)N(C)CCC(=O)Nc1cc(N)ccc1C. The van der Waals surface area contributed by atoms with Crippen LogP contribution in [0.1, 0.15) is 39.2 Å². The van der Waals surface area contributed by atoms with E-state index in [1.807, 2.05) is 19.1 Å². The zero-order valence-corrected chi connectivity index (χ0v) is 13.3. The van der Waals surface area contributed by atoms with Crippen LogP contribution >= 0.6 is 0 Å². The number of aryl methyl sites for hydroxylation is 1. The van der Waals surface area contributed by atoms with Crippen molar-refractivity contribution in [3.05, 3.63) is 23.8 Å². The van der Waals surface area contributed by atoms with Crippen molar-refractivity contribution in [2.45, 2.75) is 46.1 Å². The number of carbonyl (C=O) groups is 1. The summed E-state index contributed by atoms with van der Waals surface area (Å²) in [5, 5.41) is 2.93. The third-order valence-electron chi connectivity index (χ3n) is 4.11. The van der Waals surface area contributed by atoms with Crippen molar-refractivity contribution in [3.63, 3.8) is 0 Å². The lowest BCUT2D eigenvalue weighted by Gasteiger charge is -2.34. The van der Waals surface area contributed by atoms with E-state index in [-0.39, 0.29) is 11.4 Å². The summed E-state index contributed by atoms with van der Waals surface area (Å²) >= 11 is 0. The van der Waals surface area contributed by atoms with E-state index in [2.05, 4.69) is 38.0 Å². The van der Waals surface area contributed by atoms with Gasteiger partial charge in [-0.2, -0.15) is 0 Å². The zero-order chi connectivity index (χ0) is 15.3. The van der Waals surface area contributed by atoms with Gasteiger partial charge in [0.2, 0.25) is 5.91 Å². The summed E-state index contributed by atoms with van der Waals surface area (Å²) in [5.74, 6) is 0.0254. The van der Waals surface area contributed by atoms with E-state index in [1.54, 1.807) is 6.07 Å². The first kappa shape index (κ1) is 16.5. The monoisotopic (exact) mass is 277 g/mol. The number of nitrogen functional groups attached to an aromatic ring is 1. The van der Waals surface area contributed by atoms with Crippen LogP contribution in [0.2, 0.25) is 0 Å². The molecule has 4 heteroatoms. The van der Waals surface area contributed by atoms with Crippen LogP contribution in [-0.2, 0) is 4.79 Å². The molecule has 0 saturated heterocycles. The molecule has 0 spiro atoms. The molecule has 3 N–H and O–H groups in total. The van der Waals surface area contributed by atoms with Crippen LogP contribution in [0.15, 0.2) is 18.2 Å². The van der Waals surface area contributed by atoms with Gasteiger partial charge in [0.25, 0.3) is 0 Å². The molecule has 1 rings (SSSR count). The molecule has 0 saturated carbocycles. The molecule has 0 bridgehead atoms. The fourth-order valence-corrected chi connectivity index (χ4v) is 1.83. The van der Waals surface area contributed by atoms with Gasteiger partial charge in [-0.25, -0.2) is 0 Å². The maximum atomic E-state index is 12.0. The van der Waals surface area contributed by atoms with Crippen molar-refractivity contribution in [1.29, 1.82) is 0 Å². The molecule has 0 aliphatic heterocycles. The molecule has 0 fully saturated rings. The minimum absolute atomic E-state index is 0.0254. The maximum absolute atomic E-state index is 12.0. The lowest BCUT2D eigenvalue weighted by Crippen LogP contribution is -2.41. The number of anilines is 2. The molecule has 1 aromatic carbocycles. The van der Waals surface area contributed by atoms with Crippen LogP contribution in [0.5, 0.6) is 0 Å². The summed E-state index contributed by atoms with van der Waals surface area (Å²) < 4.78 is 0. The van der Waals surface area contributed by atoms with E-state index >= 15 is 0 Å². The van der Waals surface area contributed by atoms with Crippen LogP contribution in [-0.4, -0.2) is 29.9 Å². The summed E-state index contributed by atoms with van der Waals surface area (Å²) in [7, 11) is 2.06.